The van der Waals surface area contributed by atoms with Gasteiger partial charge in [0.05, 0.1) is 13.2 Å². The summed E-state index contributed by atoms with van der Waals surface area (Å²) in [4.78, 5) is 12.8. The molecule has 7 nitrogen and oxygen atoms in total. The molecule has 0 aromatic rings. The fourth-order valence-corrected chi connectivity index (χ4v) is 1.46. The molecule has 0 aliphatic carbocycles. The summed E-state index contributed by atoms with van der Waals surface area (Å²) in [5, 5.41) is 11.2. The van der Waals surface area contributed by atoms with Crippen LogP contribution in [-0.4, -0.2) is 67.0 Å². The van der Waals surface area contributed by atoms with Crippen molar-refractivity contribution in [2.24, 2.45) is 10.9 Å². The maximum Gasteiger partial charge on any atom is 0.411 e. The van der Waals surface area contributed by atoms with E-state index in [4.69, 9.17) is 15.7 Å². The van der Waals surface area contributed by atoms with Crippen molar-refractivity contribution in [1.82, 2.24) is 4.90 Å². The average Bonchev–Trinajstić information content (AvgIpc) is 2.36. The maximum atomic E-state index is 11.8. The first kappa shape index (κ1) is 15.5. The quantitative estimate of drug-likeness (QED) is 0.315. The van der Waals surface area contributed by atoms with E-state index in [0.29, 0.717) is 0 Å². The van der Waals surface area contributed by atoms with E-state index in [9.17, 15) is 18.0 Å². The van der Waals surface area contributed by atoms with E-state index in [0.717, 1.165) is 0 Å². The molecule has 1 amide bonds. The molecule has 1 aliphatic rings. The average molecular weight is 285 g/mol. The second-order valence-electron chi connectivity index (χ2n) is 3.83. The minimum atomic E-state index is -4.47. The normalized spacial score (nSPS) is 21.5. The standard InChI is InChI=1S/C9H14F3N3O4/c10-9(11,12)5-18-4-7(16)15-1-2-19-6(3-15)8(13)14-17/h6,17H,1-5H2,(H2,13,14). The van der Waals surface area contributed by atoms with Crippen molar-refractivity contribution in [3.63, 3.8) is 0 Å². The summed E-state index contributed by atoms with van der Waals surface area (Å²) in [6, 6.07) is 0. The van der Waals surface area contributed by atoms with Crippen molar-refractivity contribution >= 4 is 11.7 Å². The van der Waals surface area contributed by atoms with Gasteiger partial charge in [0.1, 0.15) is 19.3 Å². The summed E-state index contributed by atoms with van der Waals surface area (Å²) in [7, 11) is 0. The highest BCUT2D eigenvalue weighted by molar-refractivity contribution is 5.86. The molecule has 1 unspecified atom stereocenters. The molecule has 110 valence electrons. The third-order valence-corrected chi connectivity index (χ3v) is 2.36. The molecule has 3 N–H and O–H groups in total. The first-order valence-corrected chi connectivity index (χ1v) is 5.35. The number of oxime groups is 1. The number of nitrogens with two attached hydrogens (primary N) is 1. The number of alkyl halides is 3. The lowest BCUT2D eigenvalue weighted by atomic mass is 10.2. The number of ether oxygens (including phenoxy) is 2. The van der Waals surface area contributed by atoms with Crippen molar-refractivity contribution in [1.29, 1.82) is 0 Å². The van der Waals surface area contributed by atoms with Gasteiger partial charge >= 0.3 is 6.18 Å². The van der Waals surface area contributed by atoms with Crippen molar-refractivity contribution in [2.45, 2.75) is 12.3 Å². The zero-order chi connectivity index (χ0) is 14.5. The van der Waals surface area contributed by atoms with Gasteiger partial charge in [-0.25, -0.2) is 0 Å². The zero-order valence-electron chi connectivity index (χ0n) is 9.89. The van der Waals surface area contributed by atoms with E-state index >= 15 is 0 Å². The fourth-order valence-electron chi connectivity index (χ4n) is 1.46. The monoisotopic (exact) mass is 285 g/mol. The number of rotatable bonds is 4. The molecule has 0 aromatic carbocycles. The van der Waals surface area contributed by atoms with Crippen LogP contribution in [0.4, 0.5) is 13.2 Å². The predicted octanol–water partition coefficient (Wildman–Crippen LogP) is -0.461. The molecular formula is C9H14F3N3O4. The highest BCUT2D eigenvalue weighted by Gasteiger charge is 2.30. The second-order valence-corrected chi connectivity index (χ2v) is 3.83. The third-order valence-electron chi connectivity index (χ3n) is 2.36. The lowest BCUT2D eigenvalue weighted by Gasteiger charge is -2.32. The molecule has 0 saturated carbocycles. The van der Waals surface area contributed by atoms with E-state index in [-0.39, 0.29) is 25.5 Å². The van der Waals surface area contributed by atoms with Gasteiger partial charge in [-0.05, 0) is 0 Å². The van der Waals surface area contributed by atoms with Gasteiger partial charge in [0, 0.05) is 6.54 Å². The molecule has 10 heteroatoms. The molecular weight excluding hydrogens is 271 g/mol. The van der Waals surface area contributed by atoms with E-state index < -0.39 is 31.4 Å². The number of hydrogen-bond acceptors (Lipinski definition) is 5. The number of amides is 1. The lowest BCUT2D eigenvalue weighted by Crippen LogP contribution is -2.51. The highest BCUT2D eigenvalue weighted by Crippen LogP contribution is 2.14. The van der Waals surface area contributed by atoms with Gasteiger partial charge in [0.2, 0.25) is 5.91 Å². The number of nitrogens with zero attached hydrogens (tertiary/aromatic N) is 2. The minimum absolute atomic E-state index is 0.00407. The minimum Gasteiger partial charge on any atom is -0.409 e. The summed E-state index contributed by atoms with van der Waals surface area (Å²) >= 11 is 0. The van der Waals surface area contributed by atoms with E-state index in [2.05, 4.69) is 9.89 Å². The number of hydrogen-bond donors (Lipinski definition) is 2. The Bertz CT molecular complexity index is 348. The summed E-state index contributed by atoms with van der Waals surface area (Å²) in [6.07, 6.45) is -5.24. The molecule has 1 heterocycles. The van der Waals surface area contributed by atoms with Crippen molar-refractivity contribution in [3.8, 4) is 0 Å². The summed E-state index contributed by atoms with van der Waals surface area (Å²) in [5.74, 6) is -0.808. The van der Waals surface area contributed by atoms with Crippen LogP contribution in [0.1, 0.15) is 0 Å². The van der Waals surface area contributed by atoms with E-state index in [1.54, 1.807) is 0 Å². The number of morpholine rings is 1. The third kappa shape index (κ3) is 5.30. The van der Waals surface area contributed by atoms with Gasteiger partial charge in [-0.1, -0.05) is 5.16 Å². The summed E-state index contributed by atoms with van der Waals surface area (Å²) in [5.41, 5.74) is 5.32. The van der Waals surface area contributed by atoms with Crippen LogP contribution in [0.25, 0.3) is 0 Å². The summed E-state index contributed by atoms with van der Waals surface area (Å²) in [6.45, 7) is -1.80. The van der Waals surface area contributed by atoms with E-state index in [1.165, 1.54) is 4.90 Å². The number of carbonyl (C=O) groups excluding carboxylic acids is 1. The van der Waals surface area contributed by atoms with Crippen molar-refractivity contribution < 1.29 is 32.6 Å². The molecule has 19 heavy (non-hydrogen) atoms. The number of halogens is 3. The van der Waals surface area contributed by atoms with Crippen LogP contribution >= 0.6 is 0 Å². The Morgan fingerprint density at radius 2 is 2.26 bits per heavy atom. The van der Waals surface area contributed by atoms with Crippen LogP contribution in [0.5, 0.6) is 0 Å². The smallest absolute Gasteiger partial charge is 0.409 e. The van der Waals surface area contributed by atoms with Crippen LogP contribution in [0, 0.1) is 0 Å². The van der Waals surface area contributed by atoms with Gasteiger partial charge < -0.3 is 25.3 Å². The van der Waals surface area contributed by atoms with Crippen LogP contribution in [-0.2, 0) is 14.3 Å². The maximum absolute atomic E-state index is 11.8. The Balaban J connectivity index is 2.40. The SMILES string of the molecule is NC(=NO)C1CN(C(=O)COCC(F)(F)F)CCO1. The van der Waals surface area contributed by atoms with Crippen molar-refractivity contribution in [3.05, 3.63) is 0 Å². The second kappa shape index (κ2) is 6.57. The van der Waals surface area contributed by atoms with Crippen molar-refractivity contribution in [2.75, 3.05) is 32.9 Å². The zero-order valence-corrected chi connectivity index (χ0v) is 9.89. The Kier molecular flexibility index (Phi) is 5.36. The molecule has 1 saturated heterocycles. The molecule has 0 bridgehead atoms. The first-order chi connectivity index (χ1) is 8.83. The number of amidine groups is 1. The molecule has 1 rings (SSSR count). The Hall–Kier alpha value is -1.55. The van der Waals surface area contributed by atoms with Crippen LogP contribution in [0.15, 0.2) is 5.16 Å². The van der Waals surface area contributed by atoms with Gasteiger partial charge in [0.15, 0.2) is 5.84 Å². The van der Waals surface area contributed by atoms with E-state index in [1.807, 2.05) is 0 Å². The Labute approximate surface area is 106 Å². The molecule has 1 atom stereocenters. The highest BCUT2D eigenvalue weighted by atomic mass is 19.4. The predicted molar refractivity (Wildman–Crippen MR) is 56.6 cm³/mol. The van der Waals surface area contributed by atoms with Crippen LogP contribution in [0.3, 0.4) is 0 Å². The summed E-state index contributed by atoms with van der Waals surface area (Å²) < 4.78 is 44.9. The Morgan fingerprint density at radius 3 is 2.84 bits per heavy atom. The fraction of sp³-hybridized carbons (Fsp3) is 0.778. The van der Waals surface area contributed by atoms with Gasteiger partial charge in [-0.3, -0.25) is 4.79 Å². The van der Waals surface area contributed by atoms with Gasteiger partial charge in [-0.15, -0.1) is 0 Å². The Morgan fingerprint density at radius 1 is 1.58 bits per heavy atom. The van der Waals surface area contributed by atoms with Crippen LogP contribution < -0.4 is 5.73 Å². The molecule has 0 aromatic heterocycles. The first-order valence-electron chi connectivity index (χ1n) is 5.35. The molecule has 0 spiro atoms. The topological polar surface area (TPSA) is 97.4 Å². The van der Waals surface area contributed by atoms with Gasteiger partial charge in [0.25, 0.3) is 0 Å². The van der Waals surface area contributed by atoms with Crippen LogP contribution in [0.2, 0.25) is 0 Å². The molecule has 1 fully saturated rings. The molecule has 1 aliphatic heterocycles. The largest absolute Gasteiger partial charge is 0.411 e. The molecule has 0 radical (unpaired) electrons. The van der Waals surface area contributed by atoms with Gasteiger partial charge in [-0.2, -0.15) is 13.2 Å². The lowest BCUT2D eigenvalue weighted by molar-refractivity contribution is -0.178. The number of carbonyl (C=O) groups is 1.